The summed E-state index contributed by atoms with van der Waals surface area (Å²) in [5.74, 6) is 1.68. The number of amides is 1. The zero-order chi connectivity index (χ0) is 15.1. The lowest BCUT2D eigenvalue weighted by Gasteiger charge is -2.07. The smallest absolute Gasteiger partial charge is 0.226 e. The number of aromatic nitrogens is 2. The van der Waals surface area contributed by atoms with Gasteiger partial charge in [0.2, 0.25) is 11.0 Å². The lowest BCUT2D eigenvalue weighted by atomic mass is 10.1. The molecule has 0 aliphatic heterocycles. The quantitative estimate of drug-likeness (QED) is 0.626. The predicted molar refractivity (Wildman–Crippen MR) is 86.3 cm³/mol. The maximum atomic E-state index is 11.9. The van der Waals surface area contributed by atoms with Crippen molar-refractivity contribution < 1.29 is 9.53 Å². The van der Waals surface area contributed by atoms with E-state index in [-0.39, 0.29) is 5.91 Å². The first-order valence-corrected chi connectivity index (χ1v) is 8.41. The van der Waals surface area contributed by atoms with Gasteiger partial charge in [-0.1, -0.05) is 48.2 Å². The summed E-state index contributed by atoms with van der Waals surface area (Å²) in [5.41, 5.74) is 1.02. The first kappa shape index (κ1) is 15.8. The van der Waals surface area contributed by atoms with E-state index in [0.29, 0.717) is 18.0 Å². The molecule has 0 aliphatic rings. The van der Waals surface area contributed by atoms with E-state index >= 15 is 0 Å². The highest BCUT2D eigenvalue weighted by atomic mass is 32.2. The number of para-hydroxylation sites is 1. The topological polar surface area (TPSA) is 64.1 Å². The first-order valence-electron chi connectivity index (χ1n) is 6.61. The largest absolute Gasteiger partial charge is 0.496 e. The van der Waals surface area contributed by atoms with Crippen molar-refractivity contribution in [2.45, 2.75) is 24.1 Å². The molecule has 0 unspecified atom stereocenters. The lowest BCUT2D eigenvalue weighted by Crippen LogP contribution is -2.12. The predicted octanol–water partition coefficient (Wildman–Crippen LogP) is 3.23. The van der Waals surface area contributed by atoms with Crippen LogP contribution in [0.1, 0.15) is 18.9 Å². The monoisotopic (exact) mass is 323 g/mol. The van der Waals surface area contributed by atoms with Crippen molar-refractivity contribution in [1.29, 1.82) is 0 Å². The normalized spacial score (nSPS) is 10.4. The average Bonchev–Trinajstić information content (AvgIpc) is 2.93. The van der Waals surface area contributed by atoms with Crippen molar-refractivity contribution >= 4 is 34.1 Å². The number of nitrogens with one attached hydrogen (secondary N) is 1. The van der Waals surface area contributed by atoms with Gasteiger partial charge in [-0.05, 0) is 23.8 Å². The maximum absolute atomic E-state index is 11.9. The van der Waals surface area contributed by atoms with Gasteiger partial charge in [0.1, 0.15) is 5.75 Å². The minimum atomic E-state index is -0.0647. The van der Waals surface area contributed by atoms with Crippen molar-refractivity contribution in [3.63, 3.8) is 0 Å². The number of rotatable bonds is 7. The highest BCUT2D eigenvalue weighted by Crippen LogP contribution is 2.25. The molecule has 1 aromatic heterocycles. The molecule has 1 amide bonds. The third kappa shape index (κ3) is 4.71. The fraction of sp³-hybridized carbons (Fsp3) is 0.357. The third-order valence-corrected chi connectivity index (χ3v) is 4.59. The Morgan fingerprint density at radius 1 is 1.38 bits per heavy atom. The van der Waals surface area contributed by atoms with Crippen LogP contribution in [0.25, 0.3) is 0 Å². The van der Waals surface area contributed by atoms with Gasteiger partial charge in [0.25, 0.3) is 0 Å². The van der Waals surface area contributed by atoms with E-state index in [1.807, 2.05) is 24.3 Å². The number of anilines is 1. The highest BCUT2D eigenvalue weighted by Gasteiger charge is 2.09. The van der Waals surface area contributed by atoms with Gasteiger partial charge in [0.05, 0.1) is 7.11 Å². The van der Waals surface area contributed by atoms with Crippen LogP contribution in [0.3, 0.4) is 0 Å². The number of benzene rings is 1. The molecule has 1 aromatic carbocycles. The summed E-state index contributed by atoms with van der Waals surface area (Å²) in [6.07, 6.45) is 1.02. The fourth-order valence-electron chi connectivity index (χ4n) is 1.78. The number of methoxy groups -OCH3 is 1. The number of aryl methyl sites for hydroxylation is 1. The molecule has 112 valence electrons. The van der Waals surface area contributed by atoms with Crippen molar-refractivity contribution in [1.82, 2.24) is 10.2 Å². The molecular formula is C14H17N3O2S2. The summed E-state index contributed by atoms with van der Waals surface area (Å²) in [6, 6.07) is 7.71. The van der Waals surface area contributed by atoms with Gasteiger partial charge in [0, 0.05) is 6.42 Å². The molecule has 7 heteroatoms. The van der Waals surface area contributed by atoms with E-state index in [1.165, 1.54) is 11.3 Å². The maximum Gasteiger partial charge on any atom is 0.226 e. The summed E-state index contributed by atoms with van der Waals surface area (Å²) in [5, 5.41) is 11.3. The minimum absolute atomic E-state index is 0.0647. The molecule has 0 fully saturated rings. The SMILES string of the molecule is CCSc1nnc(NC(=O)CCc2ccccc2OC)s1. The van der Waals surface area contributed by atoms with Gasteiger partial charge < -0.3 is 10.1 Å². The molecule has 0 radical (unpaired) electrons. The lowest BCUT2D eigenvalue weighted by molar-refractivity contribution is -0.116. The Morgan fingerprint density at radius 3 is 2.95 bits per heavy atom. The minimum Gasteiger partial charge on any atom is -0.496 e. The summed E-state index contributed by atoms with van der Waals surface area (Å²) in [7, 11) is 1.63. The van der Waals surface area contributed by atoms with Crippen molar-refractivity contribution in [2.75, 3.05) is 18.2 Å². The summed E-state index contributed by atoms with van der Waals surface area (Å²) in [6.45, 7) is 2.05. The molecule has 1 N–H and O–H groups in total. The third-order valence-electron chi connectivity index (χ3n) is 2.73. The van der Waals surface area contributed by atoms with Gasteiger partial charge in [-0.3, -0.25) is 4.79 Å². The zero-order valence-corrected chi connectivity index (χ0v) is 13.6. The second kappa shape index (κ2) is 7.99. The van der Waals surface area contributed by atoms with Crippen LogP contribution in [0, 0.1) is 0 Å². The molecule has 0 saturated heterocycles. The summed E-state index contributed by atoms with van der Waals surface area (Å²) >= 11 is 3.01. The number of carbonyl (C=O) groups is 1. The second-order valence-electron chi connectivity index (χ2n) is 4.17. The molecule has 2 aromatic rings. The number of hydrogen-bond donors (Lipinski definition) is 1. The number of nitrogens with zero attached hydrogens (tertiary/aromatic N) is 2. The van der Waals surface area contributed by atoms with Crippen LogP contribution in [0.2, 0.25) is 0 Å². The summed E-state index contributed by atoms with van der Waals surface area (Å²) < 4.78 is 6.14. The summed E-state index contributed by atoms with van der Waals surface area (Å²) in [4.78, 5) is 11.9. The van der Waals surface area contributed by atoms with Crippen molar-refractivity contribution in [2.24, 2.45) is 0 Å². The van der Waals surface area contributed by atoms with Crippen LogP contribution in [0.5, 0.6) is 5.75 Å². The number of carbonyl (C=O) groups excluding carboxylic acids is 1. The zero-order valence-electron chi connectivity index (χ0n) is 12.0. The van der Waals surface area contributed by atoms with Crippen LogP contribution in [-0.4, -0.2) is 29.0 Å². The Labute approximate surface area is 132 Å². The molecule has 0 saturated carbocycles. The number of ether oxygens (including phenoxy) is 1. The number of hydrogen-bond acceptors (Lipinski definition) is 6. The van der Waals surface area contributed by atoms with E-state index in [4.69, 9.17) is 4.74 Å². The van der Waals surface area contributed by atoms with E-state index < -0.39 is 0 Å². The van der Waals surface area contributed by atoms with Gasteiger partial charge in [-0.25, -0.2) is 0 Å². The van der Waals surface area contributed by atoms with Crippen LogP contribution in [0.4, 0.5) is 5.13 Å². The van der Waals surface area contributed by atoms with Gasteiger partial charge in [-0.15, -0.1) is 10.2 Å². The van der Waals surface area contributed by atoms with Gasteiger partial charge >= 0.3 is 0 Å². The van der Waals surface area contributed by atoms with Crippen LogP contribution >= 0.6 is 23.1 Å². The Balaban J connectivity index is 1.86. The average molecular weight is 323 g/mol. The molecule has 1 heterocycles. The Kier molecular flexibility index (Phi) is 6.01. The molecule has 2 rings (SSSR count). The van der Waals surface area contributed by atoms with E-state index in [0.717, 1.165) is 21.4 Å². The van der Waals surface area contributed by atoms with Crippen LogP contribution < -0.4 is 10.1 Å². The second-order valence-corrected chi connectivity index (χ2v) is 6.65. The Bertz CT molecular complexity index is 601. The van der Waals surface area contributed by atoms with E-state index in [1.54, 1.807) is 18.9 Å². The highest BCUT2D eigenvalue weighted by molar-refractivity contribution is 8.01. The van der Waals surface area contributed by atoms with Gasteiger partial charge in [0.15, 0.2) is 4.34 Å². The van der Waals surface area contributed by atoms with E-state index in [2.05, 4.69) is 22.4 Å². The standard InChI is InChI=1S/C14H17N3O2S2/c1-3-20-14-17-16-13(21-14)15-12(18)9-8-10-6-4-5-7-11(10)19-2/h4-7H,3,8-9H2,1-2H3,(H,15,16,18). The molecule has 0 spiro atoms. The van der Waals surface area contributed by atoms with Crippen LogP contribution in [0.15, 0.2) is 28.6 Å². The van der Waals surface area contributed by atoms with Gasteiger partial charge in [-0.2, -0.15) is 0 Å². The van der Waals surface area contributed by atoms with Crippen LogP contribution in [-0.2, 0) is 11.2 Å². The molecule has 0 aliphatic carbocycles. The Hall–Kier alpha value is -1.60. The number of thioether (sulfide) groups is 1. The molecule has 0 atom stereocenters. The molecule has 21 heavy (non-hydrogen) atoms. The van der Waals surface area contributed by atoms with Crippen molar-refractivity contribution in [3.05, 3.63) is 29.8 Å². The van der Waals surface area contributed by atoms with E-state index in [9.17, 15) is 4.79 Å². The fourth-order valence-corrected chi connectivity index (χ4v) is 3.45. The molecule has 0 bridgehead atoms. The molecular weight excluding hydrogens is 306 g/mol. The Morgan fingerprint density at radius 2 is 2.19 bits per heavy atom. The van der Waals surface area contributed by atoms with Crippen molar-refractivity contribution in [3.8, 4) is 5.75 Å². The molecule has 5 nitrogen and oxygen atoms in total. The first-order chi connectivity index (χ1) is 10.2.